The predicted molar refractivity (Wildman–Crippen MR) is 91.1 cm³/mol. The smallest absolute Gasteiger partial charge is 0.165 e. The van der Waals surface area contributed by atoms with E-state index < -0.39 is 5.79 Å². The molecular weight excluding hydrogens is 288 g/mol. The molecule has 0 bridgehead atoms. The summed E-state index contributed by atoms with van der Waals surface area (Å²) in [5, 5.41) is 0. The van der Waals surface area contributed by atoms with Gasteiger partial charge in [0.15, 0.2) is 5.79 Å². The van der Waals surface area contributed by atoms with Crippen molar-refractivity contribution in [3.8, 4) is 0 Å². The van der Waals surface area contributed by atoms with Gasteiger partial charge in [0.2, 0.25) is 0 Å². The van der Waals surface area contributed by atoms with Crippen LogP contribution in [0.1, 0.15) is 72.6 Å². The van der Waals surface area contributed by atoms with Crippen LogP contribution >= 0.6 is 0 Å². The van der Waals surface area contributed by atoms with Crippen molar-refractivity contribution in [2.45, 2.75) is 78.4 Å². The van der Waals surface area contributed by atoms with E-state index in [1.165, 1.54) is 32.0 Å². The number of fused-ring (bicyclic) bond motifs is 1. The average molecular weight is 322 g/mol. The second kappa shape index (κ2) is 6.15. The lowest BCUT2D eigenvalue weighted by Crippen LogP contribution is -2.52. The molecule has 0 unspecified atom stereocenters. The van der Waals surface area contributed by atoms with Crippen LogP contribution in [0, 0.1) is 28.6 Å². The molecule has 0 aromatic heterocycles. The first-order chi connectivity index (χ1) is 10.8. The van der Waals surface area contributed by atoms with Gasteiger partial charge in [0.25, 0.3) is 0 Å². The maximum absolute atomic E-state index is 11.8. The summed E-state index contributed by atoms with van der Waals surface area (Å²) in [6.07, 6.45) is 9.38. The number of aldehydes is 1. The van der Waals surface area contributed by atoms with E-state index in [0.29, 0.717) is 30.0 Å². The molecule has 1 aliphatic heterocycles. The minimum atomic E-state index is -0.430. The van der Waals surface area contributed by atoms with Gasteiger partial charge in [-0.2, -0.15) is 0 Å². The Hall–Kier alpha value is -0.410. The summed E-state index contributed by atoms with van der Waals surface area (Å²) in [6, 6.07) is 0. The minimum Gasteiger partial charge on any atom is -0.348 e. The highest BCUT2D eigenvalue weighted by molar-refractivity contribution is 5.54. The van der Waals surface area contributed by atoms with Crippen molar-refractivity contribution in [1.82, 2.24) is 0 Å². The summed E-state index contributed by atoms with van der Waals surface area (Å²) in [5.41, 5.74) is 0.698. The van der Waals surface area contributed by atoms with Gasteiger partial charge in [-0.05, 0) is 61.7 Å². The highest BCUT2D eigenvalue weighted by Crippen LogP contribution is 2.62. The van der Waals surface area contributed by atoms with E-state index in [9.17, 15) is 4.79 Å². The van der Waals surface area contributed by atoms with E-state index in [1.54, 1.807) is 0 Å². The normalized spacial score (nSPS) is 42.2. The monoisotopic (exact) mass is 322 g/mol. The molecule has 0 amide bonds. The molecule has 4 atom stereocenters. The Kier molecular flexibility index (Phi) is 4.65. The van der Waals surface area contributed by atoms with Crippen molar-refractivity contribution in [1.29, 1.82) is 0 Å². The first-order valence-electron chi connectivity index (χ1n) is 9.54. The van der Waals surface area contributed by atoms with Crippen molar-refractivity contribution >= 4 is 6.29 Å². The molecule has 3 nitrogen and oxygen atoms in total. The molecule has 1 saturated heterocycles. The Labute approximate surface area is 141 Å². The molecule has 23 heavy (non-hydrogen) atoms. The number of ether oxygens (including phenoxy) is 2. The summed E-state index contributed by atoms with van der Waals surface area (Å²) >= 11 is 0. The van der Waals surface area contributed by atoms with Gasteiger partial charge in [-0.25, -0.2) is 0 Å². The van der Waals surface area contributed by atoms with Gasteiger partial charge in [0.05, 0.1) is 13.2 Å². The SMILES string of the molecule is CC1(CC[C@H]2[C@H](C=O)CC[C@H]3C(C)(C)CCC[C@]23C)OCCO1. The molecule has 3 fully saturated rings. The van der Waals surface area contributed by atoms with Crippen LogP contribution in [-0.2, 0) is 14.3 Å². The molecule has 0 aromatic carbocycles. The van der Waals surface area contributed by atoms with E-state index >= 15 is 0 Å². The van der Waals surface area contributed by atoms with Gasteiger partial charge < -0.3 is 14.3 Å². The Balaban J connectivity index is 1.80. The van der Waals surface area contributed by atoms with Crippen LogP contribution < -0.4 is 0 Å². The van der Waals surface area contributed by atoms with Crippen LogP contribution in [-0.4, -0.2) is 25.3 Å². The van der Waals surface area contributed by atoms with Gasteiger partial charge >= 0.3 is 0 Å². The van der Waals surface area contributed by atoms with Crippen molar-refractivity contribution < 1.29 is 14.3 Å². The van der Waals surface area contributed by atoms with Crippen LogP contribution in [0.25, 0.3) is 0 Å². The third-order valence-electron chi connectivity index (χ3n) is 7.41. The molecule has 3 aliphatic rings. The zero-order valence-corrected chi connectivity index (χ0v) is 15.4. The number of hydrogen-bond donors (Lipinski definition) is 0. The molecule has 3 heteroatoms. The van der Waals surface area contributed by atoms with E-state index in [0.717, 1.165) is 25.2 Å². The lowest BCUT2D eigenvalue weighted by molar-refractivity contribution is -0.162. The van der Waals surface area contributed by atoms with E-state index in [1.807, 2.05) is 0 Å². The first kappa shape index (κ1) is 17.4. The fourth-order valence-corrected chi connectivity index (χ4v) is 6.21. The molecule has 0 N–H and O–H groups in total. The molecule has 2 saturated carbocycles. The Morgan fingerprint density at radius 3 is 2.39 bits per heavy atom. The van der Waals surface area contributed by atoms with Crippen molar-refractivity contribution in [3.63, 3.8) is 0 Å². The Bertz CT molecular complexity index is 438. The van der Waals surface area contributed by atoms with Gasteiger partial charge in [-0.1, -0.05) is 27.2 Å². The fraction of sp³-hybridized carbons (Fsp3) is 0.950. The summed E-state index contributed by atoms with van der Waals surface area (Å²) in [4.78, 5) is 11.8. The molecule has 0 spiro atoms. The summed E-state index contributed by atoms with van der Waals surface area (Å²) < 4.78 is 11.6. The van der Waals surface area contributed by atoms with E-state index in [4.69, 9.17) is 9.47 Å². The molecule has 1 heterocycles. The van der Waals surface area contributed by atoms with Crippen LogP contribution in [0.4, 0.5) is 0 Å². The van der Waals surface area contributed by atoms with Gasteiger partial charge in [-0.3, -0.25) is 0 Å². The van der Waals surface area contributed by atoms with Gasteiger partial charge in [0.1, 0.15) is 6.29 Å². The summed E-state index contributed by atoms with van der Waals surface area (Å²) in [7, 11) is 0. The highest BCUT2D eigenvalue weighted by Gasteiger charge is 2.54. The number of hydrogen-bond acceptors (Lipinski definition) is 3. The molecule has 132 valence electrons. The van der Waals surface area contributed by atoms with Crippen LogP contribution in [0.3, 0.4) is 0 Å². The minimum absolute atomic E-state index is 0.218. The zero-order chi connectivity index (χ0) is 16.7. The number of carbonyl (C=O) groups excluding carboxylic acids is 1. The molecule has 0 radical (unpaired) electrons. The maximum Gasteiger partial charge on any atom is 0.165 e. The van der Waals surface area contributed by atoms with Gasteiger partial charge in [-0.15, -0.1) is 0 Å². The third kappa shape index (κ3) is 3.11. The van der Waals surface area contributed by atoms with Crippen LogP contribution in [0.5, 0.6) is 0 Å². The number of carbonyl (C=O) groups is 1. The lowest BCUT2D eigenvalue weighted by Gasteiger charge is -2.59. The largest absolute Gasteiger partial charge is 0.348 e. The van der Waals surface area contributed by atoms with Crippen LogP contribution in [0.15, 0.2) is 0 Å². The predicted octanol–water partition coefficient (Wildman–Crippen LogP) is 4.59. The third-order valence-corrected chi connectivity index (χ3v) is 7.41. The fourth-order valence-electron chi connectivity index (χ4n) is 6.21. The highest BCUT2D eigenvalue weighted by atomic mass is 16.7. The Morgan fingerprint density at radius 1 is 1.04 bits per heavy atom. The lowest BCUT2D eigenvalue weighted by atomic mass is 9.46. The van der Waals surface area contributed by atoms with E-state index in [-0.39, 0.29) is 5.92 Å². The van der Waals surface area contributed by atoms with Crippen LogP contribution in [0.2, 0.25) is 0 Å². The van der Waals surface area contributed by atoms with E-state index in [2.05, 4.69) is 27.7 Å². The number of rotatable bonds is 4. The zero-order valence-electron chi connectivity index (χ0n) is 15.4. The van der Waals surface area contributed by atoms with Crippen molar-refractivity contribution in [2.75, 3.05) is 13.2 Å². The molecule has 2 aliphatic carbocycles. The molecular formula is C20H34O3. The van der Waals surface area contributed by atoms with Crippen molar-refractivity contribution in [3.05, 3.63) is 0 Å². The average Bonchev–Trinajstić information content (AvgIpc) is 2.91. The van der Waals surface area contributed by atoms with Gasteiger partial charge in [0, 0.05) is 12.3 Å². The standard InChI is InChI=1S/C20H34O3/c1-18(2)9-5-10-19(3)16(15(14-21)6-7-17(18)19)8-11-20(4)22-12-13-23-20/h14-17H,5-13H2,1-4H3/t15-,16-,17-,19+/m0/s1. The molecule has 3 rings (SSSR count). The topological polar surface area (TPSA) is 35.5 Å². The second-order valence-electron chi connectivity index (χ2n) is 9.25. The summed E-state index contributed by atoms with van der Waals surface area (Å²) in [5.74, 6) is 1.00. The first-order valence-corrected chi connectivity index (χ1v) is 9.54. The van der Waals surface area contributed by atoms with Crippen molar-refractivity contribution in [2.24, 2.45) is 28.6 Å². The second-order valence-corrected chi connectivity index (χ2v) is 9.25. The Morgan fingerprint density at radius 2 is 1.74 bits per heavy atom. The quantitative estimate of drug-likeness (QED) is 0.710. The molecule has 0 aromatic rings. The maximum atomic E-state index is 11.8. The summed E-state index contributed by atoms with van der Waals surface area (Å²) in [6.45, 7) is 10.8.